The summed E-state index contributed by atoms with van der Waals surface area (Å²) in [7, 11) is 0. The van der Waals surface area contributed by atoms with Crippen LogP contribution in [-0.4, -0.2) is 18.7 Å². The molecule has 0 bridgehead atoms. The van der Waals surface area contributed by atoms with E-state index < -0.39 is 5.79 Å². The molecule has 6 nitrogen and oxygen atoms in total. The number of carbonyl (C=O) groups is 1. The first-order valence-electron chi connectivity index (χ1n) is 9.85. The SMILES string of the molecule is CCOc1cccc(NC(=O)c2ccc(C)c(C3(N)N=Cc4ccccc4N3)c2)c1. The number of benzene rings is 3. The van der Waals surface area contributed by atoms with Crippen LogP contribution in [0.5, 0.6) is 5.75 Å². The molecule has 30 heavy (non-hydrogen) atoms. The van der Waals surface area contributed by atoms with Gasteiger partial charge in [0, 0.05) is 40.3 Å². The Kier molecular flexibility index (Phi) is 5.25. The molecule has 0 spiro atoms. The second-order valence-corrected chi connectivity index (χ2v) is 7.18. The maximum atomic E-state index is 12.9. The number of amides is 1. The van der Waals surface area contributed by atoms with Crippen molar-refractivity contribution < 1.29 is 9.53 Å². The summed E-state index contributed by atoms with van der Waals surface area (Å²) in [5, 5.41) is 6.22. The van der Waals surface area contributed by atoms with Gasteiger partial charge in [-0.3, -0.25) is 10.5 Å². The van der Waals surface area contributed by atoms with E-state index in [1.54, 1.807) is 24.4 Å². The average molecular weight is 400 g/mol. The third kappa shape index (κ3) is 3.90. The zero-order valence-corrected chi connectivity index (χ0v) is 17.0. The van der Waals surface area contributed by atoms with E-state index in [1.165, 1.54) is 0 Å². The van der Waals surface area contributed by atoms with Crippen LogP contribution in [0.25, 0.3) is 0 Å². The van der Waals surface area contributed by atoms with E-state index in [4.69, 9.17) is 10.5 Å². The third-order valence-corrected chi connectivity index (χ3v) is 5.01. The summed E-state index contributed by atoms with van der Waals surface area (Å²) in [6, 6.07) is 20.6. The molecule has 4 N–H and O–H groups in total. The number of nitrogens with two attached hydrogens (primary N) is 1. The highest BCUT2D eigenvalue weighted by molar-refractivity contribution is 6.04. The molecule has 4 rings (SSSR count). The van der Waals surface area contributed by atoms with E-state index in [9.17, 15) is 4.79 Å². The molecule has 1 aliphatic rings. The van der Waals surface area contributed by atoms with Gasteiger partial charge in [0.2, 0.25) is 5.79 Å². The number of nitrogens with zero attached hydrogens (tertiary/aromatic N) is 1. The highest BCUT2D eigenvalue weighted by Gasteiger charge is 2.31. The molecule has 0 aromatic heterocycles. The maximum absolute atomic E-state index is 12.9. The zero-order valence-electron chi connectivity index (χ0n) is 17.0. The van der Waals surface area contributed by atoms with Crippen LogP contribution >= 0.6 is 0 Å². The van der Waals surface area contributed by atoms with E-state index in [0.29, 0.717) is 23.6 Å². The lowest BCUT2D eigenvalue weighted by Gasteiger charge is -2.33. The molecule has 1 amide bonds. The molecule has 1 unspecified atom stereocenters. The topological polar surface area (TPSA) is 88.7 Å². The highest BCUT2D eigenvalue weighted by atomic mass is 16.5. The van der Waals surface area contributed by atoms with Crippen molar-refractivity contribution in [3.8, 4) is 5.75 Å². The second-order valence-electron chi connectivity index (χ2n) is 7.18. The summed E-state index contributed by atoms with van der Waals surface area (Å²) in [4.78, 5) is 17.4. The summed E-state index contributed by atoms with van der Waals surface area (Å²) < 4.78 is 5.50. The normalized spacial score (nSPS) is 17.0. The number of para-hydroxylation sites is 1. The van der Waals surface area contributed by atoms with Gasteiger partial charge >= 0.3 is 0 Å². The first kappa shape index (κ1) is 19.7. The minimum atomic E-state index is -1.15. The van der Waals surface area contributed by atoms with Gasteiger partial charge in [-0.05, 0) is 49.7 Å². The van der Waals surface area contributed by atoms with Gasteiger partial charge in [0.05, 0.1) is 6.61 Å². The van der Waals surface area contributed by atoms with E-state index in [1.807, 2.05) is 62.4 Å². The van der Waals surface area contributed by atoms with Crippen molar-refractivity contribution in [3.63, 3.8) is 0 Å². The van der Waals surface area contributed by atoms with Gasteiger partial charge < -0.3 is 15.4 Å². The fourth-order valence-corrected chi connectivity index (χ4v) is 3.48. The van der Waals surface area contributed by atoms with Crippen LogP contribution in [0.2, 0.25) is 0 Å². The zero-order chi connectivity index (χ0) is 21.1. The molecule has 0 fully saturated rings. The standard InChI is InChI=1S/C24H24N4O2/c1-3-30-20-9-6-8-19(14-20)27-23(29)17-12-11-16(2)21(13-17)24(25)26-15-18-7-4-5-10-22(18)28-24/h4-15,28H,3,25H2,1-2H3,(H,27,29). The van der Waals surface area contributed by atoms with Crippen molar-refractivity contribution >= 4 is 23.5 Å². The van der Waals surface area contributed by atoms with Crippen LogP contribution in [0.3, 0.4) is 0 Å². The molecule has 3 aromatic rings. The molecular formula is C24H24N4O2. The van der Waals surface area contributed by atoms with Gasteiger partial charge in [0.1, 0.15) is 5.75 Å². The molecule has 152 valence electrons. The summed E-state index contributed by atoms with van der Waals surface area (Å²) in [6.07, 6.45) is 1.76. The number of carbonyl (C=O) groups excluding carboxylic acids is 1. The lowest BCUT2D eigenvalue weighted by molar-refractivity contribution is 0.102. The molecule has 1 atom stereocenters. The number of aliphatic imine (C=N–C) groups is 1. The Morgan fingerprint density at radius 3 is 2.80 bits per heavy atom. The van der Waals surface area contributed by atoms with E-state index in [2.05, 4.69) is 15.6 Å². The fourth-order valence-electron chi connectivity index (χ4n) is 3.48. The van der Waals surface area contributed by atoms with Gasteiger partial charge in [0.15, 0.2) is 0 Å². The van der Waals surface area contributed by atoms with Crippen molar-refractivity contribution in [1.82, 2.24) is 0 Å². The Bertz CT molecular complexity index is 1130. The average Bonchev–Trinajstić information content (AvgIpc) is 2.74. The number of aryl methyl sites for hydroxylation is 1. The van der Waals surface area contributed by atoms with Gasteiger partial charge in [-0.25, -0.2) is 4.99 Å². The molecular weight excluding hydrogens is 376 g/mol. The Labute approximate surface area is 175 Å². The van der Waals surface area contributed by atoms with Crippen LogP contribution in [0.15, 0.2) is 71.7 Å². The first-order valence-corrected chi connectivity index (χ1v) is 9.85. The molecule has 0 saturated carbocycles. The van der Waals surface area contributed by atoms with Gasteiger partial charge in [-0.15, -0.1) is 0 Å². The van der Waals surface area contributed by atoms with Crippen molar-refractivity contribution in [1.29, 1.82) is 0 Å². The van der Waals surface area contributed by atoms with E-state index in [-0.39, 0.29) is 5.91 Å². The van der Waals surface area contributed by atoms with Gasteiger partial charge in [-0.1, -0.05) is 30.3 Å². The van der Waals surface area contributed by atoms with Crippen LogP contribution < -0.4 is 21.1 Å². The maximum Gasteiger partial charge on any atom is 0.255 e. The van der Waals surface area contributed by atoms with E-state index in [0.717, 1.165) is 22.4 Å². The lowest BCUT2D eigenvalue weighted by Crippen LogP contribution is -2.45. The monoisotopic (exact) mass is 400 g/mol. The molecule has 6 heteroatoms. The Morgan fingerprint density at radius 2 is 1.97 bits per heavy atom. The molecule has 1 heterocycles. The Balaban J connectivity index is 1.61. The predicted molar refractivity (Wildman–Crippen MR) is 120 cm³/mol. The number of hydrogen-bond donors (Lipinski definition) is 3. The second kappa shape index (κ2) is 8.00. The number of nitrogens with one attached hydrogen (secondary N) is 2. The largest absolute Gasteiger partial charge is 0.494 e. The molecule has 0 radical (unpaired) electrons. The Morgan fingerprint density at radius 1 is 1.13 bits per heavy atom. The quantitative estimate of drug-likeness (QED) is 0.597. The van der Waals surface area contributed by atoms with Crippen molar-refractivity contribution in [2.24, 2.45) is 10.7 Å². The molecule has 3 aromatic carbocycles. The van der Waals surface area contributed by atoms with Crippen LogP contribution in [0.1, 0.15) is 34.0 Å². The van der Waals surface area contributed by atoms with Gasteiger partial charge in [0.25, 0.3) is 5.91 Å². The summed E-state index contributed by atoms with van der Waals surface area (Å²) in [5.41, 5.74) is 11.3. The van der Waals surface area contributed by atoms with Crippen LogP contribution in [-0.2, 0) is 5.79 Å². The minimum Gasteiger partial charge on any atom is -0.494 e. The van der Waals surface area contributed by atoms with Crippen LogP contribution in [0, 0.1) is 6.92 Å². The van der Waals surface area contributed by atoms with Gasteiger partial charge in [-0.2, -0.15) is 0 Å². The van der Waals surface area contributed by atoms with E-state index >= 15 is 0 Å². The van der Waals surface area contributed by atoms with Crippen molar-refractivity contribution in [2.75, 3.05) is 17.2 Å². The summed E-state index contributed by atoms with van der Waals surface area (Å²) in [5.74, 6) is -0.669. The lowest BCUT2D eigenvalue weighted by atomic mass is 9.97. The van der Waals surface area contributed by atoms with Crippen LogP contribution in [0.4, 0.5) is 11.4 Å². The number of hydrogen-bond acceptors (Lipinski definition) is 5. The molecule has 0 aliphatic carbocycles. The smallest absolute Gasteiger partial charge is 0.255 e. The molecule has 0 saturated heterocycles. The summed E-state index contributed by atoms with van der Waals surface area (Å²) in [6.45, 7) is 4.44. The first-order chi connectivity index (χ1) is 14.5. The van der Waals surface area contributed by atoms with Crippen molar-refractivity contribution in [3.05, 3.63) is 89.0 Å². The molecule has 1 aliphatic heterocycles. The summed E-state index contributed by atoms with van der Waals surface area (Å²) >= 11 is 0. The highest BCUT2D eigenvalue weighted by Crippen LogP contribution is 2.31. The minimum absolute atomic E-state index is 0.228. The number of rotatable bonds is 5. The fraction of sp³-hybridized carbons (Fsp3) is 0.167. The van der Waals surface area contributed by atoms with Crippen molar-refractivity contribution in [2.45, 2.75) is 19.6 Å². The predicted octanol–water partition coefficient (Wildman–Crippen LogP) is 4.26. The number of anilines is 2. The third-order valence-electron chi connectivity index (χ3n) is 5.01. The number of fused-ring (bicyclic) bond motifs is 1. The Hall–Kier alpha value is -3.64. The number of ether oxygens (including phenoxy) is 1.